The van der Waals surface area contributed by atoms with E-state index in [1.165, 1.54) is 12.8 Å². The summed E-state index contributed by atoms with van der Waals surface area (Å²) in [5.41, 5.74) is 0. The van der Waals surface area contributed by atoms with Crippen molar-refractivity contribution in [3.05, 3.63) is 12.2 Å². The van der Waals surface area contributed by atoms with Crippen LogP contribution < -0.4 is 5.32 Å². The first-order chi connectivity index (χ1) is 7.86. The molecular weight excluding hydrogens is 202 g/mol. The molecule has 3 rings (SSSR count). The third-order valence-electron chi connectivity index (χ3n) is 3.61. The van der Waals surface area contributed by atoms with Crippen molar-refractivity contribution < 1.29 is 0 Å². The molecule has 0 bridgehead atoms. The summed E-state index contributed by atoms with van der Waals surface area (Å²) in [5.74, 6) is 1.14. The number of hydrogen-bond donors (Lipinski definition) is 1. The van der Waals surface area contributed by atoms with E-state index < -0.39 is 0 Å². The van der Waals surface area contributed by atoms with Crippen LogP contribution >= 0.6 is 0 Å². The highest BCUT2D eigenvalue weighted by molar-refractivity contribution is 5.00. The van der Waals surface area contributed by atoms with E-state index in [0.717, 1.165) is 32.0 Å². The van der Waals surface area contributed by atoms with E-state index in [9.17, 15) is 0 Å². The summed E-state index contributed by atoms with van der Waals surface area (Å²) >= 11 is 0. The van der Waals surface area contributed by atoms with Crippen molar-refractivity contribution in [1.82, 2.24) is 25.0 Å². The molecule has 1 N–H and O–H groups in total. The zero-order valence-corrected chi connectivity index (χ0v) is 9.76. The Morgan fingerprint density at radius 2 is 2.12 bits per heavy atom. The topological polar surface area (TPSA) is 46.0 Å². The van der Waals surface area contributed by atoms with Crippen LogP contribution in [0.25, 0.3) is 0 Å². The molecule has 1 aliphatic carbocycles. The monoisotopic (exact) mass is 221 g/mol. The lowest BCUT2D eigenvalue weighted by molar-refractivity contribution is 0.175. The van der Waals surface area contributed by atoms with Crippen LogP contribution in [0.4, 0.5) is 0 Å². The first-order valence-electron chi connectivity index (χ1n) is 6.20. The Morgan fingerprint density at radius 3 is 2.81 bits per heavy atom. The van der Waals surface area contributed by atoms with Crippen molar-refractivity contribution in [2.45, 2.75) is 31.8 Å². The Balaban J connectivity index is 1.76. The number of rotatable bonds is 3. The molecule has 5 heteroatoms. The molecule has 2 fully saturated rings. The predicted octanol–water partition coefficient (Wildman–Crippen LogP) is 0.579. The second-order valence-corrected chi connectivity index (χ2v) is 4.79. The van der Waals surface area contributed by atoms with E-state index in [2.05, 4.69) is 31.9 Å². The first-order valence-corrected chi connectivity index (χ1v) is 6.20. The number of hydrogen-bond acceptors (Lipinski definition) is 4. The lowest BCUT2D eigenvalue weighted by Crippen LogP contribution is -2.45. The highest BCUT2D eigenvalue weighted by atomic mass is 15.3. The van der Waals surface area contributed by atoms with Gasteiger partial charge in [0.15, 0.2) is 0 Å². The summed E-state index contributed by atoms with van der Waals surface area (Å²) in [4.78, 5) is 2.49. The molecule has 1 saturated carbocycles. The zero-order valence-electron chi connectivity index (χ0n) is 9.76. The Kier molecular flexibility index (Phi) is 2.65. The minimum absolute atomic E-state index is 0.394. The second kappa shape index (κ2) is 4.14. The van der Waals surface area contributed by atoms with Crippen LogP contribution in [0.2, 0.25) is 0 Å². The molecule has 2 heterocycles. The number of aromatic nitrogens is 3. The van der Waals surface area contributed by atoms with E-state index in [-0.39, 0.29) is 0 Å². The number of nitrogens with one attached hydrogen (secondary N) is 1. The molecule has 5 nitrogen and oxygen atoms in total. The molecule has 16 heavy (non-hydrogen) atoms. The molecule has 88 valence electrons. The van der Waals surface area contributed by atoms with Gasteiger partial charge in [-0.05, 0) is 19.8 Å². The maximum Gasteiger partial charge on any atom is 0.150 e. The van der Waals surface area contributed by atoms with Crippen LogP contribution in [0.1, 0.15) is 37.7 Å². The third-order valence-corrected chi connectivity index (χ3v) is 3.61. The van der Waals surface area contributed by atoms with Crippen molar-refractivity contribution in [1.29, 1.82) is 0 Å². The maximum atomic E-state index is 4.30. The molecule has 0 aromatic carbocycles. The second-order valence-electron chi connectivity index (χ2n) is 4.79. The van der Waals surface area contributed by atoms with Crippen molar-refractivity contribution in [3.8, 4) is 0 Å². The smallest absolute Gasteiger partial charge is 0.150 e. The predicted molar refractivity (Wildman–Crippen MR) is 61.2 cm³/mol. The highest BCUT2D eigenvalue weighted by Gasteiger charge is 2.29. The number of piperazine rings is 1. The highest BCUT2D eigenvalue weighted by Crippen LogP contribution is 2.36. The molecular formula is C11H19N5. The molecule has 0 amide bonds. The molecule has 0 radical (unpaired) electrons. The fourth-order valence-corrected chi connectivity index (χ4v) is 2.42. The van der Waals surface area contributed by atoms with Gasteiger partial charge in [-0.3, -0.25) is 4.90 Å². The molecule has 1 unspecified atom stereocenters. The molecule has 2 aliphatic rings. The van der Waals surface area contributed by atoms with Crippen molar-refractivity contribution in [2.75, 3.05) is 26.2 Å². The summed E-state index contributed by atoms with van der Waals surface area (Å²) in [6.07, 6.45) is 4.48. The lowest BCUT2D eigenvalue weighted by atomic mass is 10.2. The van der Waals surface area contributed by atoms with Crippen LogP contribution in [0.5, 0.6) is 0 Å². The van der Waals surface area contributed by atoms with Gasteiger partial charge in [-0.25, -0.2) is 0 Å². The van der Waals surface area contributed by atoms with Crippen molar-refractivity contribution >= 4 is 0 Å². The molecule has 1 saturated heterocycles. The van der Waals surface area contributed by atoms with E-state index in [1.807, 2.05) is 6.33 Å². The van der Waals surface area contributed by atoms with Gasteiger partial charge in [0.1, 0.15) is 12.2 Å². The lowest BCUT2D eigenvalue weighted by Gasteiger charge is -2.32. The van der Waals surface area contributed by atoms with Crippen molar-refractivity contribution in [3.63, 3.8) is 0 Å². The van der Waals surface area contributed by atoms with Crippen LogP contribution in [0, 0.1) is 0 Å². The standard InChI is InChI=1S/C11H19N5/c1-9(15-6-4-12-5-7-15)11-14-13-8-16(11)10-2-3-10/h8-10,12H,2-7H2,1H3. The van der Waals surface area contributed by atoms with Gasteiger partial charge in [0.2, 0.25) is 0 Å². The van der Waals surface area contributed by atoms with Gasteiger partial charge in [0.25, 0.3) is 0 Å². The van der Waals surface area contributed by atoms with E-state index >= 15 is 0 Å². The molecule has 1 aromatic heterocycles. The zero-order chi connectivity index (χ0) is 11.0. The summed E-state index contributed by atoms with van der Waals surface area (Å²) in [7, 11) is 0. The summed E-state index contributed by atoms with van der Waals surface area (Å²) in [6, 6.07) is 1.07. The Hall–Kier alpha value is -0.940. The minimum Gasteiger partial charge on any atom is -0.314 e. The molecule has 1 atom stereocenters. The van der Waals surface area contributed by atoms with Gasteiger partial charge < -0.3 is 9.88 Å². The van der Waals surface area contributed by atoms with E-state index in [1.54, 1.807) is 0 Å². The fraction of sp³-hybridized carbons (Fsp3) is 0.818. The summed E-state index contributed by atoms with van der Waals surface area (Å²) in [6.45, 7) is 6.63. The van der Waals surface area contributed by atoms with Gasteiger partial charge in [-0.1, -0.05) is 0 Å². The quantitative estimate of drug-likeness (QED) is 0.811. The third kappa shape index (κ3) is 1.85. The fourth-order valence-electron chi connectivity index (χ4n) is 2.42. The molecule has 1 aliphatic heterocycles. The van der Waals surface area contributed by atoms with Crippen LogP contribution in [0.15, 0.2) is 6.33 Å². The van der Waals surface area contributed by atoms with Crippen LogP contribution in [0.3, 0.4) is 0 Å². The Morgan fingerprint density at radius 1 is 1.38 bits per heavy atom. The van der Waals surface area contributed by atoms with E-state index in [4.69, 9.17) is 0 Å². The van der Waals surface area contributed by atoms with E-state index in [0.29, 0.717) is 12.1 Å². The van der Waals surface area contributed by atoms with Gasteiger partial charge >= 0.3 is 0 Å². The largest absolute Gasteiger partial charge is 0.314 e. The summed E-state index contributed by atoms with van der Waals surface area (Å²) in [5, 5.41) is 11.8. The number of nitrogens with zero attached hydrogens (tertiary/aromatic N) is 4. The van der Waals surface area contributed by atoms with Gasteiger partial charge in [0.05, 0.1) is 6.04 Å². The molecule has 0 spiro atoms. The first kappa shape index (κ1) is 10.2. The average Bonchev–Trinajstić information content (AvgIpc) is 3.07. The van der Waals surface area contributed by atoms with Gasteiger partial charge in [-0.2, -0.15) is 0 Å². The average molecular weight is 221 g/mol. The van der Waals surface area contributed by atoms with Gasteiger partial charge in [-0.15, -0.1) is 10.2 Å². The van der Waals surface area contributed by atoms with Crippen LogP contribution in [-0.4, -0.2) is 45.8 Å². The van der Waals surface area contributed by atoms with Crippen LogP contribution in [-0.2, 0) is 0 Å². The maximum absolute atomic E-state index is 4.30. The van der Waals surface area contributed by atoms with Gasteiger partial charge in [0, 0.05) is 32.2 Å². The normalized spacial score (nSPS) is 24.6. The minimum atomic E-state index is 0.394. The molecule has 1 aromatic rings. The Bertz CT molecular complexity index is 351. The SMILES string of the molecule is CC(c1nncn1C1CC1)N1CCNCC1. The Labute approximate surface area is 95.8 Å². The van der Waals surface area contributed by atoms with Crippen molar-refractivity contribution in [2.24, 2.45) is 0 Å². The summed E-state index contributed by atoms with van der Waals surface area (Å²) < 4.78 is 2.27.